The molecule has 6 heteroatoms. The summed E-state index contributed by atoms with van der Waals surface area (Å²) in [5, 5.41) is 16.7. The van der Waals surface area contributed by atoms with Gasteiger partial charge in [0, 0.05) is 30.9 Å². The Bertz CT molecular complexity index is 1070. The maximum atomic E-state index is 12.4. The van der Waals surface area contributed by atoms with E-state index in [0.717, 1.165) is 28.7 Å². The molecule has 3 aromatic rings. The van der Waals surface area contributed by atoms with E-state index in [-0.39, 0.29) is 11.9 Å². The van der Waals surface area contributed by atoms with Crippen LogP contribution in [0, 0.1) is 13.8 Å². The van der Waals surface area contributed by atoms with Crippen molar-refractivity contribution < 1.29 is 9.90 Å². The molecule has 0 fully saturated rings. The largest absolute Gasteiger partial charge is 0.387 e. The third-order valence-corrected chi connectivity index (χ3v) is 5.81. The van der Waals surface area contributed by atoms with Crippen LogP contribution in [0.15, 0.2) is 60.8 Å². The fourth-order valence-electron chi connectivity index (χ4n) is 3.70. The molecule has 0 saturated heterocycles. The number of nitrogen functional groups attached to an aromatic ring is 1. The molecule has 0 aliphatic carbocycles. The maximum Gasteiger partial charge on any atom is 0.224 e. The van der Waals surface area contributed by atoms with E-state index in [2.05, 4.69) is 66.7 Å². The molecular formula is C27H34N4O2. The molecule has 3 rings (SSSR count). The fourth-order valence-corrected chi connectivity index (χ4v) is 3.70. The van der Waals surface area contributed by atoms with E-state index < -0.39 is 6.10 Å². The minimum Gasteiger partial charge on any atom is -0.387 e. The number of rotatable bonds is 10. The molecule has 2 atom stereocenters. The number of aryl methyl sites for hydroxylation is 2. The SMILES string of the molecule is Cc1ccc(CNC(=O)Cc2cccc(C[C@@H](C)NC[C@H](O)c3ccc(N)nc3)c2)cc1C. The van der Waals surface area contributed by atoms with Crippen LogP contribution in [0.4, 0.5) is 5.82 Å². The highest BCUT2D eigenvalue weighted by Gasteiger charge is 2.11. The Kier molecular flexibility index (Phi) is 8.58. The van der Waals surface area contributed by atoms with Gasteiger partial charge in [0.2, 0.25) is 5.91 Å². The van der Waals surface area contributed by atoms with E-state index in [1.165, 1.54) is 11.1 Å². The van der Waals surface area contributed by atoms with Gasteiger partial charge in [-0.3, -0.25) is 4.79 Å². The summed E-state index contributed by atoms with van der Waals surface area (Å²) in [5.74, 6) is 0.447. The average molecular weight is 447 g/mol. The van der Waals surface area contributed by atoms with Crippen molar-refractivity contribution in [3.8, 4) is 0 Å². The van der Waals surface area contributed by atoms with Gasteiger partial charge in [0.1, 0.15) is 5.82 Å². The molecule has 1 heterocycles. The number of aliphatic hydroxyl groups is 1. The van der Waals surface area contributed by atoms with Crippen molar-refractivity contribution in [2.24, 2.45) is 0 Å². The van der Waals surface area contributed by atoms with E-state index in [0.29, 0.717) is 25.3 Å². The van der Waals surface area contributed by atoms with E-state index in [9.17, 15) is 9.90 Å². The summed E-state index contributed by atoms with van der Waals surface area (Å²) in [6.07, 6.45) is 2.10. The van der Waals surface area contributed by atoms with Crippen LogP contribution < -0.4 is 16.4 Å². The highest BCUT2D eigenvalue weighted by atomic mass is 16.3. The number of nitrogens with zero attached hydrogens (tertiary/aromatic N) is 1. The summed E-state index contributed by atoms with van der Waals surface area (Å²) in [4.78, 5) is 16.5. The monoisotopic (exact) mass is 446 g/mol. The first kappa shape index (κ1) is 24.4. The van der Waals surface area contributed by atoms with Crippen LogP contribution in [-0.4, -0.2) is 28.6 Å². The Labute approximate surface area is 196 Å². The second-order valence-electron chi connectivity index (χ2n) is 8.74. The number of hydrogen-bond donors (Lipinski definition) is 4. The van der Waals surface area contributed by atoms with Crippen LogP contribution in [-0.2, 0) is 24.2 Å². The Morgan fingerprint density at radius 3 is 2.55 bits per heavy atom. The lowest BCUT2D eigenvalue weighted by Gasteiger charge is -2.18. The van der Waals surface area contributed by atoms with Gasteiger partial charge in [-0.2, -0.15) is 0 Å². The average Bonchev–Trinajstić information content (AvgIpc) is 2.79. The first-order valence-corrected chi connectivity index (χ1v) is 11.3. The summed E-state index contributed by atoms with van der Waals surface area (Å²) in [6, 6.07) is 18.0. The molecule has 33 heavy (non-hydrogen) atoms. The second-order valence-corrected chi connectivity index (χ2v) is 8.74. The summed E-state index contributed by atoms with van der Waals surface area (Å²) >= 11 is 0. The minimum atomic E-state index is -0.645. The molecule has 174 valence electrons. The van der Waals surface area contributed by atoms with E-state index >= 15 is 0 Å². The van der Waals surface area contributed by atoms with Crippen LogP contribution >= 0.6 is 0 Å². The molecule has 0 unspecified atom stereocenters. The zero-order valence-electron chi connectivity index (χ0n) is 19.6. The molecule has 6 nitrogen and oxygen atoms in total. The summed E-state index contributed by atoms with van der Waals surface area (Å²) in [6.45, 7) is 7.20. The molecule has 1 aromatic heterocycles. The highest BCUT2D eigenvalue weighted by Crippen LogP contribution is 2.14. The Morgan fingerprint density at radius 1 is 1.03 bits per heavy atom. The first-order valence-electron chi connectivity index (χ1n) is 11.3. The molecule has 0 spiro atoms. The maximum absolute atomic E-state index is 12.4. The van der Waals surface area contributed by atoms with Crippen molar-refractivity contribution in [2.75, 3.05) is 12.3 Å². The van der Waals surface area contributed by atoms with Crippen LogP contribution in [0.25, 0.3) is 0 Å². The summed E-state index contributed by atoms with van der Waals surface area (Å²) < 4.78 is 0. The molecule has 2 aromatic carbocycles. The Hall–Kier alpha value is -3.22. The predicted molar refractivity (Wildman–Crippen MR) is 133 cm³/mol. The lowest BCUT2D eigenvalue weighted by Crippen LogP contribution is -2.32. The van der Waals surface area contributed by atoms with Crippen molar-refractivity contribution in [3.05, 3.63) is 94.2 Å². The van der Waals surface area contributed by atoms with Gasteiger partial charge in [-0.05, 0) is 61.1 Å². The van der Waals surface area contributed by atoms with Crippen molar-refractivity contribution in [2.45, 2.75) is 52.3 Å². The van der Waals surface area contributed by atoms with Crippen LogP contribution in [0.5, 0.6) is 0 Å². The fraction of sp³-hybridized carbons (Fsp3) is 0.333. The Balaban J connectivity index is 1.46. The van der Waals surface area contributed by atoms with Gasteiger partial charge in [-0.25, -0.2) is 4.98 Å². The third-order valence-electron chi connectivity index (χ3n) is 5.81. The van der Waals surface area contributed by atoms with E-state index in [1.54, 1.807) is 18.3 Å². The topological polar surface area (TPSA) is 100 Å². The molecule has 0 radical (unpaired) electrons. The number of benzene rings is 2. The summed E-state index contributed by atoms with van der Waals surface area (Å²) in [7, 11) is 0. The minimum absolute atomic E-state index is 0.0109. The molecule has 0 aliphatic rings. The number of pyridine rings is 1. The van der Waals surface area contributed by atoms with Gasteiger partial charge in [0.15, 0.2) is 0 Å². The molecule has 0 bridgehead atoms. The molecule has 1 amide bonds. The van der Waals surface area contributed by atoms with Gasteiger partial charge in [-0.15, -0.1) is 0 Å². The van der Waals surface area contributed by atoms with Crippen molar-refractivity contribution >= 4 is 11.7 Å². The lowest BCUT2D eigenvalue weighted by atomic mass is 10.0. The van der Waals surface area contributed by atoms with E-state index in [4.69, 9.17) is 5.73 Å². The van der Waals surface area contributed by atoms with Gasteiger partial charge < -0.3 is 21.5 Å². The smallest absolute Gasteiger partial charge is 0.224 e. The number of amides is 1. The number of carbonyl (C=O) groups excluding carboxylic acids is 1. The zero-order chi connectivity index (χ0) is 23.8. The highest BCUT2D eigenvalue weighted by molar-refractivity contribution is 5.78. The zero-order valence-corrected chi connectivity index (χ0v) is 19.6. The Morgan fingerprint density at radius 2 is 1.82 bits per heavy atom. The predicted octanol–water partition coefficient (Wildman–Crippen LogP) is 3.39. The molecule has 0 aliphatic heterocycles. The number of aromatic nitrogens is 1. The van der Waals surface area contributed by atoms with Crippen molar-refractivity contribution in [1.82, 2.24) is 15.6 Å². The number of nitrogens with one attached hydrogen (secondary N) is 2. The van der Waals surface area contributed by atoms with Gasteiger partial charge in [-0.1, -0.05) is 48.5 Å². The lowest BCUT2D eigenvalue weighted by molar-refractivity contribution is -0.120. The van der Waals surface area contributed by atoms with Gasteiger partial charge >= 0.3 is 0 Å². The van der Waals surface area contributed by atoms with Gasteiger partial charge in [0.05, 0.1) is 12.5 Å². The van der Waals surface area contributed by atoms with Crippen molar-refractivity contribution in [3.63, 3.8) is 0 Å². The van der Waals surface area contributed by atoms with Crippen molar-refractivity contribution in [1.29, 1.82) is 0 Å². The van der Waals surface area contributed by atoms with Crippen LogP contribution in [0.2, 0.25) is 0 Å². The van der Waals surface area contributed by atoms with Gasteiger partial charge in [0.25, 0.3) is 0 Å². The molecule has 5 N–H and O–H groups in total. The number of aliphatic hydroxyl groups excluding tert-OH is 1. The quantitative estimate of drug-likeness (QED) is 0.383. The number of hydrogen-bond acceptors (Lipinski definition) is 5. The normalized spacial score (nSPS) is 12.8. The molecule has 0 saturated carbocycles. The standard InChI is InChI=1S/C27H34N4O2/c1-18-7-8-23(11-19(18)2)15-31-27(33)14-22-6-4-5-21(13-22)12-20(3)29-17-25(32)24-9-10-26(28)30-16-24/h4-11,13,16,20,25,29,32H,12,14-15,17H2,1-3H3,(H2,28,30)(H,31,33)/t20-,25+/m1/s1. The number of anilines is 1. The third kappa shape index (κ3) is 7.70. The van der Waals surface area contributed by atoms with Crippen LogP contribution in [0.3, 0.4) is 0 Å². The molecular weight excluding hydrogens is 412 g/mol. The number of nitrogens with two attached hydrogens (primary N) is 1. The second kappa shape index (κ2) is 11.6. The first-order chi connectivity index (χ1) is 15.8. The summed E-state index contributed by atoms with van der Waals surface area (Å²) in [5.41, 5.74) is 12.1. The van der Waals surface area contributed by atoms with Crippen LogP contribution in [0.1, 0.15) is 46.4 Å². The number of carbonyl (C=O) groups is 1. The van der Waals surface area contributed by atoms with E-state index in [1.807, 2.05) is 12.1 Å².